The first-order chi connectivity index (χ1) is 23.5. The molecule has 0 rings (SSSR count). The summed E-state index contributed by atoms with van der Waals surface area (Å²) in [5.41, 5.74) is 0. The van der Waals surface area contributed by atoms with Crippen LogP contribution in [-0.2, 0) is 14.3 Å². The number of nitrogens with one attached hydrogen (secondary N) is 1. The van der Waals surface area contributed by atoms with Gasteiger partial charge in [0.25, 0.3) is 0 Å². The summed E-state index contributed by atoms with van der Waals surface area (Å²) in [4.78, 5) is 24.2. The van der Waals surface area contributed by atoms with Crippen molar-refractivity contribution in [1.29, 1.82) is 0 Å². The van der Waals surface area contributed by atoms with Crippen LogP contribution in [0.1, 0.15) is 194 Å². The molecule has 0 fully saturated rings. The Morgan fingerprint density at radius 2 is 1.00 bits per heavy atom. The van der Waals surface area contributed by atoms with E-state index in [1.807, 2.05) is 6.08 Å². The van der Waals surface area contributed by atoms with E-state index in [-0.39, 0.29) is 18.5 Å². The van der Waals surface area contributed by atoms with Gasteiger partial charge in [0.05, 0.1) is 25.4 Å². The number of allylic oxidation sites excluding steroid dienone is 5. The fourth-order valence-electron chi connectivity index (χ4n) is 5.69. The molecule has 0 aliphatic heterocycles. The van der Waals surface area contributed by atoms with Crippen molar-refractivity contribution in [2.45, 2.75) is 206 Å². The Morgan fingerprint density at radius 3 is 1.56 bits per heavy atom. The number of aliphatic hydroxyl groups is 2. The van der Waals surface area contributed by atoms with E-state index in [0.29, 0.717) is 19.4 Å². The summed E-state index contributed by atoms with van der Waals surface area (Å²) in [7, 11) is 0. The van der Waals surface area contributed by atoms with Crippen molar-refractivity contribution in [3.05, 3.63) is 36.5 Å². The molecule has 280 valence electrons. The molecule has 48 heavy (non-hydrogen) atoms. The lowest BCUT2D eigenvalue weighted by atomic mass is 10.1. The molecule has 0 heterocycles. The van der Waals surface area contributed by atoms with Crippen molar-refractivity contribution in [3.63, 3.8) is 0 Å². The zero-order valence-corrected chi connectivity index (χ0v) is 31.5. The van der Waals surface area contributed by atoms with Crippen LogP contribution < -0.4 is 5.32 Å². The second-order valence-electron chi connectivity index (χ2n) is 13.6. The van der Waals surface area contributed by atoms with Gasteiger partial charge < -0.3 is 20.3 Å². The van der Waals surface area contributed by atoms with Crippen LogP contribution in [0.2, 0.25) is 0 Å². The number of esters is 1. The van der Waals surface area contributed by atoms with E-state index in [1.54, 1.807) is 6.08 Å². The predicted molar refractivity (Wildman–Crippen MR) is 204 cm³/mol. The van der Waals surface area contributed by atoms with Crippen LogP contribution in [0.25, 0.3) is 0 Å². The molecule has 0 saturated heterocycles. The second-order valence-corrected chi connectivity index (χ2v) is 13.6. The molecule has 0 radical (unpaired) electrons. The van der Waals surface area contributed by atoms with Crippen LogP contribution in [0, 0.1) is 0 Å². The maximum absolute atomic E-state index is 12.3. The highest BCUT2D eigenvalue weighted by Crippen LogP contribution is 2.12. The van der Waals surface area contributed by atoms with Crippen molar-refractivity contribution in [3.8, 4) is 0 Å². The van der Waals surface area contributed by atoms with E-state index >= 15 is 0 Å². The van der Waals surface area contributed by atoms with Gasteiger partial charge in [0.1, 0.15) is 0 Å². The predicted octanol–water partition coefficient (Wildman–Crippen LogP) is 11.0. The first-order valence-corrected chi connectivity index (χ1v) is 20.3. The molecule has 0 saturated carbocycles. The molecule has 6 nitrogen and oxygen atoms in total. The van der Waals surface area contributed by atoms with Crippen LogP contribution in [0.4, 0.5) is 0 Å². The maximum Gasteiger partial charge on any atom is 0.305 e. The highest BCUT2D eigenvalue weighted by Gasteiger charge is 2.17. The minimum Gasteiger partial charge on any atom is -0.466 e. The molecule has 0 bridgehead atoms. The monoisotopic (exact) mass is 676 g/mol. The van der Waals surface area contributed by atoms with Gasteiger partial charge in [-0.15, -0.1) is 0 Å². The van der Waals surface area contributed by atoms with Gasteiger partial charge in [-0.2, -0.15) is 0 Å². The van der Waals surface area contributed by atoms with Gasteiger partial charge in [-0.1, -0.05) is 140 Å². The third-order valence-corrected chi connectivity index (χ3v) is 8.88. The minimum atomic E-state index is -0.873. The molecule has 0 aromatic heterocycles. The number of rotatable bonds is 36. The average molecular weight is 676 g/mol. The number of carbonyl (C=O) groups excluding carboxylic acids is 2. The van der Waals surface area contributed by atoms with Crippen molar-refractivity contribution >= 4 is 11.9 Å². The largest absolute Gasteiger partial charge is 0.466 e. The lowest BCUT2D eigenvalue weighted by Crippen LogP contribution is -2.45. The van der Waals surface area contributed by atoms with E-state index < -0.39 is 12.1 Å². The minimum absolute atomic E-state index is 0.0501. The van der Waals surface area contributed by atoms with Gasteiger partial charge >= 0.3 is 5.97 Å². The zero-order chi connectivity index (χ0) is 35.2. The summed E-state index contributed by atoms with van der Waals surface area (Å²) >= 11 is 0. The topological polar surface area (TPSA) is 95.9 Å². The van der Waals surface area contributed by atoms with E-state index in [1.165, 1.54) is 96.3 Å². The maximum atomic E-state index is 12.3. The van der Waals surface area contributed by atoms with Crippen molar-refractivity contribution in [2.24, 2.45) is 0 Å². The van der Waals surface area contributed by atoms with Crippen molar-refractivity contribution in [2.75, 3.05) is 13.2 Å². The Bertz CT molecular complexity index is 793. The van der Waals surface area contributed by atoms with Crippen LogP contribution in [0.3, 0.4) is 0 Å². The van der Waals surface area contributed by atoms with Crippen LogP contribution in [0.15, 0.2) is 36.5 Å². The Hall–Kier alpha value is -1.92. The fraction of sp³-hybridized carbons (Fsp3) is 0.810. The van der Waals surface area contributed by atoms with Crippen molar-refractivity contribution in [1.82, 2.24) is 5.32 Å². The summed E-state index contributed by atoms with van der Waals surface area (Å²) in [6.45, 7) is 4.73. The average Bonchev–Trinajstić information content (AvgIpc) is 3.08. The van der Waals surface area contributed by atoms with Gasteiger partial charge in [0, 0.05) is 12.8 Å². The number of amides is 1. The molecule has 1 amide bonds. The first kappa shape index (κ1) is 46.1. The number of aliphatic hydroxyl groups excluding tert-OH is 2. The van der Waals surface area contributed by atoms with Crippen LogP contribution in [0.5, 0.6) is 0 Å². The van der Waals surface area contributed by atoms with Gasteiger partial charge in [0.15, 0.2) is 0 Å². The summed E-state index contributed by atoms with van der Waals surface area (Å²) in [5, 5.41) is 22.8. The molecule has 0 aromatic carbocycles. The van der Waals surface area contributed by atoms with Crippen LogP contribution >= 0.6 is 0 Å². The highest BCUT2D eigenvalue weighted by molar-refractivity contribution is 5.76. The molecule has 0 aliphatic carbocycles. The van der Waals surface area contributed by atoms with E-state index in [2.05, 4.69) is 43.5 Å². The number of hydrogen-bond acceptors (Lipinski definition) is 5. The van der Waals surface area contributed by atoms with Gasteiger partial charge in [-0.25, -0.2) is 0 Å². The normalized spacial score (nSPS) is 13.2. The third kappa shape index (κ3) is 34.0. The summed E-state index contributed by atoms with van der Waals surface area (Å²) < 4.78 is 5.40. The van der Waals surface area contributed by atoms with Gasteiger partial charge in [-0.05, 0) is 77.0 Å². The van der Waals surface area contributed by atoms with Crippen LogP contribution in [-0.4, -0.2) is 47.4 Å². The highest BCUT2D eigenvalue weighted by atomic mass is 16.5. The molecular weight excluding hydrogens is 598 g/mol. The quantitative estimate of drug-likeness (QED) is 0.0349. The Labute approximate surface area is 296 Å². The molecule has 2 atom stereocenters. The molecular formula is C42H77NO5. The lowest BCUT2D eigenvalue weighted by Gasteiger charge is -2.19. The smallest absolute Gasteiger partial charge is 0.305 e. The second kappa shape index (κ2) is 37.9. The van der Waals surface area contributed by atoms with Gasteiger partial charge in [0.2, 0.25) is 5.91 Å². The van der Waals surface area contributed by atoms with E-state index in [4.69, 9.17) is 4.74 Å². The number of hydrogen-bond donors (Lipinski definition) is 3. The van der Waals surface area contributed by atoms with Gasteiger partial charge in [-0.3, -0.25) is 9.59 Å². The summed E-state index contributed by atoms with van der Waals surface area (Å²) in [5.74, 6) is -0.184. The molecule has 0 aliphatic rings. The zero-order valence-electron chi connectivity index (χ0n) is 31.5. The Morgan fingerprint density at radius 1 is 0.562 bits per heavy atom. The molecule has 0 aromatic rings. The third-order valence-electron chi connectivity index (χ3n) is 8.88. The van der Waals surface area contributed by atoms with E-state index in [0.717, 1.165) is 70.6 Å². The molecule has 2 unspecified atom stereocenters. The number of carbonyl (C=O) groups is 2. The lowest BCUT2D eigenvalue weighted by molar-refractivity contribution is -0.143. The van der Waals surface area contributed by atoms with E-state index in [9.17, 15) is 19.8 Å². The molecule has 0 spiro atoms. The fourth-order valence-corrected chi connectivity index (χ4v) is 5.69. The Balaban J connectivity index is 3.62. The molecule has 6 heteroatoms. The Kier molecular flexibility index (Phi) is 36.4. The SMILES string of the molecule is CCCCC/C=C\CCCCCCCC(=O)OCCCCCC/C=C\CCCC(=O)NC(CO)C(O)/C=C/CCCCCCCCCC. The summed E-state index contributed by atoms with van der Waals surface area (Å²) in [6.07, 6.45) is 42.7. The summed E-state index contributed by atoms with van der Waals surface area (Å²) in [6, 6.07) is -0.663. The first-order valence-electron chi connectivity index (χ1n) is 20.3. The standard InChI is InChI=1S/C42H77NO5/c1-3-5-7-9-11-13-15-16-20-24-28-32-36-42(47)48-37-33-29-25-21-17-19-23-27-31-35-41(46)43-39(38-44)40(45)34-30-26-22-18-14-12-10-8-6-4-2/h11,13,19,23,30,34,39-40,44-45H,3-10,12,14-18,20-22,24-29,31-33,35-38H2,1-2H3,(H,43,46)/b13-11-,23-19-,34-30+. The number of unbranched alkanes of at least 4 members (excludes halogenated alkanes) is 21. The number of ether oxygens (including phenoxy) is 1. The van der Waals surface area contributed by atoms with Crippen molar-refractivity contribution < 1.29 is 24.5 Å². The molecule has 3 N–H and O–H groups in total.